The van der Waals surface area contributed by atoms with Crippen LogP contribution in [0.5, 0.6) is 5.75 Å². The maximum absolute atomic E-state index is 11.9. The molecule has 0 amide bonds. The summed E-state index contributed by atoms with van der Waals surface area (Å²) in [6.07, 6.45) is 7.36. The smallest absolute Gasteiger partial charge is 0.223 e. The Morgan fingerprint density at radius 3 is 2.30 bits per heavy atom. The van der Waals surface area contributed by atoms with Crippen molar-refractivity contribution in [3.05, 3.63) is 28.2 Å². The van der Waals surface area contributed by atoms with E-state index in [1.807, 2.05) is 0 Å². The molecule has 0 unspecified atom stereocenters. The van der Waals surface area contributed by atoms with Crippen molar-refractivity contribution in [2.45, 2.75) is 72.9 Å². The number of rotatable bonds is 11. The van der Waals surface area contributed by atoms with Crippen molar-refractivity contribution < 1.29 is 5.11 Å². The lowest BCUT2D eigenvalue weighted by molar-refractivity contribution is 0.248. The van der Waals surface area contributed by atoms with Gasteiger partial charge in [0.1, 0.15) is 0 Å². The van der Waals surface area contributed by atoms with Gasteiger partial charge in [0.05, 0.1) is 6.20 Å². The van der Waals surface area contributed by atoms with E-state index >= 15 is 0 Å². The Labute approximate surface area is 141 Å². The van der Waals surface area contributed by atoms with Crippen molar-refractivity contribution in [3.8, 4) is 5.75 Å². The van der Waals surface area contributed by atoms with Crippen LogP contribution in [0.4, 0.5) is 0 Å². The monoisotopic (exact) mass is 322 g/mol. The van der Waals surface area contributed by atoms with Gasteiger partial charge in [0.15, 0.2) is 5.75 Å². The molecule has 0 aromatic carbocycles. The molecule has 0 fully saturated rings. The normalized spacial score (nSPS) is 11.6. The molecule has 0 bridgehead atoms. The zero-order valence-corrected chi connectivity index (χ0v) is 15.3. The first-order chi connectivity index (χ1) is 11.0. The Kier molecular flexibility index (Phi) is 9.00. The molecule has 1 aromatic rings. The number of hydrogen-bond acceptors (Lipinski definition) is 3. The number of nitrogens with zero attached hydrogens (tertiary/aromatic N) is 2. The second kappa shape index (κ2) is 10.5. The summed E-state index contributed by atoms with van der Waals surface area (Å²) in [5.74, 6) is 0.451. The molecule has 0 aliphatic heterocycles. The summed E-state index contributed by atoms with van der Waals surface area (Å²) >= 11 is 0. The molecule has 0 saturated heterocycles. The summed E-state index contributed by atoms with van der Waals surface area (Å²) in [5, 5.41) is 9.76. The molecule has 132 valence electrons. The molecule has 1 heterocycles. The van der Waals surface area contributed by atoms with Gasteiger partial charge < -0.3 is 9.67 Å². The van der Waals surface area contributed by atoms with E-state index in [1.165, 1.54) is 25.7 Å². The lowest BCUT2D eigenvalue weighted by atomic mass is 10.1. The van der Waals surface area contributed by atoms with Crippen LogP contribution in [0.1, 0.15) is 65.5 Å². The van der Waals surface area contributed by atoms with Crippen LogP contribution in [-0.2, 0) is 13.1 Å². The van der Waals surface area contributed by atoms with Gasteiger partial charge in [-0.05, 0) is 38.3 Å². The summed E-state index contributed by atoms with van der Waals surface area (Å²) in [6, 6.07) is 1.61. The molecule has 1 rings (SSSR count). The first kappa shape index (κ1) is 19.8. The van der Waals surface area contributed by atoms with Gasteiger partial charge in [-0.2, -0.15) is 0 Å². The van der Waals surface area contributed by atoms with Gasteiger partial charge >= 0.3 is 0 Å². The van der Waals surface area contributed by atoms with Gasteiger partial charge in [0, 0.05) is 24.8 Å². The minimum absolute atomic E-state index is 0.147. The van der Waals surface area contributed by atoms with Crippen LogP contribution in [0.15, 0.2) is 17.1 Å². The molecule has 0 saturated carbocycles. The second-order valence-corrected chi connectivity index (χ2v) is 6.87. The Bertz CT molecular complexity index is 501. The minimum Gasteiger partial charge on any atom is -0.503 e. The van der Waals surface area contributed by atoms with E-state index in [0.29, 0.717) is 5.92 Å². The average Bonchev–Trinajstić information content (AvgIpc) is 2.51. The van der Waals surface area contributed by atoms with Crippen molar-refractivity contribution in [1.29, 1.82) is 0 Å². The SMILES string of the molecule is CCCCN(CCCC)Cc1cc(=O)c(O)cn1CCC(C)C. The maximum Gasteiger partial charge on any atom is 0.223 e. The lowest BCUT2D eigenvalue weighted by Gasteiger charge is -2.24. The van der Waals surface area contributed by atoms with E-state index in [4.69, 9.17) is 0 Å². The molecule has 1 N–H and O–H groups in total. The zero-order valence-electron chi connectivity index (χ0n) is 15.3. The van der Waals surface area contributed by atoms with Crippen molar-refractivity contribution in [3.63, 3.8) is 0 Å². The molecule has 4 heteroatoms. The number of hydrogen-bond donors (Lipinski definition) is 1. The van der Waals surface area contributed by atoms with Gasteiger partial charge in [-0.25, -0.2) is 0 Å². The summed E-state index contributed by atoms with van der Waals surface area (Å²) < 4.78 is 2.06. The Hall–Kier alpha value is -1.29. The number of aryl methyl sites for hydroxylation is 1. The van der Waals surface area contributed by atoms with Gasteiger partial charge in [-0.1, -0.05) is 40.5 Å². The van der Waals surface area contributed by atoms with Gasteiger partial charge in [0.2, 0.25) is 5.43 Å². The van der Waals surface area contributed by atoms with Crippen molar-refractivity contribution >= 4 is 0 Å². The molecule has 23 heavy (non-hydrogen) atoms. The highest BCUT2D eigenvalue weighted by Crippen LogP contribution is 2.13. The summed E-state index contributed by atoms with van der Waals surface area (Å²) in [7, 11) is 0. The molecule has 0 atom stereocenters. The van der Waals surface area contributed by atoms with Crippen LogP contribution >= 0.6 is 0 Å². The number of unbranched alkanes of at least 4 members (excludes halogenated alkanes) is 2. The molecule has 0 aliphatic carbocycles. The fraction of sp³-hybridized carbons (Fsp3) is 0.737. The predicted molar refractivity (Wildman–Crippen MR) is 96.9 cm³/mol. The third kappa shape index (κ3) is 7.21. The van der Waals surface area contributed by atoms with E-state index in [2.05, 4.69) is 37.2 Å². The van der Waals surface area contributed by atoms with Crippen molar-refractivity contribution in [1.82, 2.24) is 9.47 Å². The largest absolute Gasteiger partial charge is 0.503 e. The average molecular weight is 322 g/mol. The van der Waals surface area contributed by atoms with E-state index < -0.39 is 0 Å². The third-order valence-corrected chi connectivity index (χ3v) is 4.19. The highest BCUT2D eigenvalue weighted by atomic mass is 16.3. The fourth-order valence-corrected chi connectivity index (χ4v) is 2.61. The van der Waals surface area contributed by atoms with E-state index in [-0.39, 0.29) is 11.2 Å². The Morgan fingerprint density at radius 1 is 1.17 bits per heavy atom. The molecular formula is C19H34N2O2. The van der Waals surface area contributed by atoms with E-state index in [0.717, 1.165) is 38.3 Å². The third-order valence-electron chi connectivity index (χ3n) is 4.19. The number of aromatic hydroxyl groups is 1. The molecule has 1 aromatic heterocycles. The second-order valence-electron chi connectivity index (χ2n) is 6.87. The molecule has 4 nitrogen and oxygen atoms in total. The van der Waals surface area contributed by atoms with Crippen LogP contribution in [0.3, 0.4) is 0 Å². The fourth-order valence-electron chi connectivity index (χ4n) is 2.61. The Morgan fingerprint density at radius 2 is 1.78 bits per heavy atom. The van der Waals surface area contributed by atoms with Crippen LogP contribution in [0.25, 0.3) is 0 Å². The Balaban J connectivity index is 2.92. The maximum atomic E-state index is 11.9. The summed E-state index contributed by atoms with van der Waals surface area (Å²) in [4.78, 5) is 14.3. The predicted octanol–water partition coefficient (Wildman–Crippen LogP) is 4.00. The summed E-state index contributed by atoms with van der Waals surface area (Å²) in [5.41, 5.74) is 0.743. The highest BCUT2D eigenvalue weighted by Gasteiger charge is 2.11. The van der Waals surface area contributed by atoms with Gasteiger partial charge in [-0.3, -0.25) is 9.69 Å². The molecular weight excluding hydrogens is 288 g/mol. The van der Waals surface area contributed by atoms with Gasteiger partial charge in [0.25, 0.3) is 0 Å². The molecule has 0 aliphatic rings. The highest BCUT2D eigenvalue weighted by molar-refractivity contribution is 5.20. The standard InChI is InChI=1S/C19H34N2O2/c1-5-7-10-20(11-8-6-2)14-17-13-18(22)19(23)15-21(17)12-9-16(3)4/h13,15-16,23H,5-12,14H2,1-4H3. The van der Waals surface area contributed by atoms with Crippen LogP contribution in [0, 0.1) is 5.92 Å². The first-order valence-electron chi connectivity index (χ1n) is 9.12. The van der Waals surface area contributed by atoms with Crippen LogP contribution in [0.2, 0.25) is 0 Å². The topological polar surface area (TPSA) is 45.5 Å². The number of pyridine rings is 1. The van der Waals surface area contributed by atoms with Crippen LogP contribution < -0.4 is 5.43 Å². The zero-order chi connectivity index (χ0) is 17.2. The van der Waals surface area contributed by atoms with E-state index in [1.54, 1.807) is 12.3 Å². The molecule has 0 spiro atoms. The van der Waals surface area contributed by atoms with Gasteiger partial charge in [-0.15, -0.1) is 0 Å². The molecule has 0 radical (unpaired) electrons. The van der Waals surface area contributed by atoms with Crippen LogP contribution in [-0.4, -0.2) is 27.7 Å². The number of aromatic nitrogens is 1. The van der Waals surface area contributed by atoms with E-state index in [9.17, 15) is 9.90 Å². The lowest BCUT2D eigenvalue weighted by Crippen LogP contribution is -2.28. The van der Waals surface area contributed by atoms with Crippen molar-refractivity contribution in [2.24, 2.45) is 5.92 Å². The summed E-state index contributed by atoms with van der Waals surface area (Å²) in [6.45, 7) is 12.6. The van der Waals surface area contributed by atoms with Crippen molar-refractivity contribution in [2.75, 3.05) is 13.1 Å². The minimum atomic E-state index is -0.272. The quantitative estimate of drug-likeness (QED) is 0.670. The first-order valence-corrected chi connectivity index (χ1v) is 9.12.